The van der Waals surface area contributed by atoms with Crippen LogP contribution in [0.3, 0.4) is 0 Å². The largest absolute Gasteiger partial charge is 0.419 e. The third-order valence-corrected chi connectivity index (χ3v) is 3.76. The monoisotopic (exact) mass is 262 g/mol. The molecule has 2 rings (SSSR count). The molecule has 0 aliphatic carbocycles. The van der Waals surface area contributed by atoms with Gasteiger partial charge in [-0.05, 0) is 49.5 Å². The molecule has 104 valence electrons. The third kappa shape index (κ3) is 2.89. The third-order valence-electron chi connectivity index (χ3n) is 3.76. The minimum absolute atomic E-state index is 0.303. The maximum atomic E-state index is 11.5. The summed E-state index contributed by atoms with van der Waals surface area (Å²) in [5.41, 5.74) is 2.78. The Hall–Kier alpha value is -1.55. The molecule has 4 nitrogen and oxygen atoms in total. The van der Waals surface area contributed by atoms with Crippen molar-refractivity contribution < 1.29 is 4.42 Å². The second-order valence-electron chi connectivity index (χ2n) is 5.49. The Morgan fingerprint density at radius 3 is 2.74 bits per heavy atom. The molecule has 0 fully saturated rings. The molecule has 4 heteroatoms. The molecule has 1 aromatic carbocycles. The first-order valence-electron chi connectivity index (χ1n) is 6.76. The summed E-state index contributed by atoms with van der Waals surface area (Å²) in [5.74, 6) is 0.908. The van der Waals surface area contributed by atoms with E-state index < -0.39 is 0 Å². The first-order valence-corrected chi connectivity index (χ1v) is 6.76. The quantitative estimate of drug-likeness (QED) is 0.898. The highest BCUT2D eigenvalue weighted by Crippen LogP contribution is 2.20. The number of fused-ring (bicyclic) bond motifs is 1. The van der Waals surface area contributed by atoms with Gasteiger partial charge in [0.15, 0.2) is 5.58 Å². The summed E-state index contributed by atoms with van der Waals surface area (Å²) >= 11 is 0. The summed E-state index contributed by atoms with van der Waals surface area (Å²) in [6, 6.07) is 6.00. The molecule has 1 unspecified atom stereocenters. The number of aryl methyl sites for hydroxylation is 1. The molecule has 0 bridgehead atoms. The first kappa shape index (κ1) is 13.9. The van der Waals surface area contributed by atoms with Crippen molar-refractivity contribution in [3.63, 3.8) is 0 Å². The van der Waals surface area contributed by atoms with Gasteiger partial charge in [-0.2, -0.15) is 0 Å². The van der Waals surface area contributed by atoms with Crippen molar-refractivity contribution in [1.29, 1.82) is 0 Å². The lowest BCUT2D eigenvalue weighted by atomic mass is 9.89. The second kappa shape index (κ2) is 5.61. The molecule has 0 aliphatic rings. The number of hydrogen-bond acceptors (Lipinski definition) is 3. The Balaban J connectivity index is 2.30. The van der Waals surface area contributed by atoms with Gasteiger partial charge in [0.1, 0.15) is 0 Å². The van der Waals surface area contributed by atoms with Gasteiger partial charge in [0.2, 0.25) is 0 Å². The van der Waals surface area contributed by atoms with E-state index in [0.717, 1.165) is 18.5 Å². The lowest BCUT2D eigenvalue weighted by Crippen LogP contribution is -2.25. The van der Waals surface area contributed by atoms with E-state index in [4.69, 9.17) is 4.42 Å². The maximum absolute atomic E-state index is 11.5. The van der Waals surface area contributed by atoms with Gasteiger partial charge in [-0.3, -0.25) is 4.57 Å². The highest BCUT2D eigenvalue weighted by Gasteiger charge is 2.14. The molecule has 0 saturated carbocycles. The van der Waals surface area contributed by atoms with Crippen LogP contribution < -0.4 is 11.1 Å². The number of nitrogens with zero attached hydrogens (tertiary/aromatic N) is 1. The van der Waals surface area contributed by atoms with Crippen LogP contribution in [-0.2, 0) is 13.5 Å². The molecule has 0 amide bonds. The van der Waals surface area contributed by atoms with Crippen LogP contribution in [0.5, 0.6) is 0 Å². The SMILES string of the molecule is CNCC(Cc1ccc2oc(=O)n(C)c2c1)C(C)C. The van der Waals surface area contributed by atoms with Crippen molar-refractivity contribution in [3.05, 3.63) is 34.3 Å². The van der Waals surface area contributed by atoms with Crippen molar-refractivity contribution in [1.82, 2.24) is 9.88 Å². The summed E-state index contributed by atoms with van der Waals surface area (Å²) in [7, 11) is 3.73. The van der Waals surface area contributed by atoms with Crippen LogP contribution in [0.25, 0.3) is 11.1 Å². The van der Waals surface area contributed by atoms with Crippen molar-refractivity contribution >= 4 is 11.1 Å². The Labute approximate surface area is 113 Å². The Bertz CT molecular complexity index is 610. The fourth-order valence-electron chi connectivity index (χ4n) is 2.41. The molecular formula is C15H22N2O2. The Kier molecular flexibility index (Phi) is 4.10. The van der Waals surface area contributed by atoms with Gasteiger partial charge in [-0.15, -0.1) is 0 Å². The molecule has 0 saturated heterocycles. The Morgan fingerprint density at radius 2 is 2.11 bits per heavy atom. The van der Waals surface area contributed by atoms with Crippen LogP contribution in [0.15, 0.2) is 27.4 Å². The van der Waals surface area contributed by atoms with Gasteiger partial charge in [0.25, 0.3) is 0 Å². The normalized spacial score (nSPS) is 13.3. The number of rotatable bonds is 5. The van der Waals surface area contributed by atoms with E-state index >= 15 is 0 Å². The van der Waals surface area contributed by atoms with Crippen LogP contribution in [-0.4, -0.2) is 18.2 Å². The lowest BCUT2D eigenvalue weighted by molar-refractivity contribution is 0.370. The van der Waals surface area contributed by atoms with E-state index in [0.29, 0.717) is 17.4 Å². The molecule has 1 heterocycles. The first-order chi connectivity index (χ1) is 9.02. The van der Waals surface area contributed by atoms with Crippen LogP contribution in [0, 0.1) is 11.8 Å². The van der Waals surface area contributed by atoms with E-state index in [2.05, 4.69) is 31.3 Å². The lowest BCUT2D eigenvalue weighted by Gasteiger charge is -2.20. The summed E-state index contributed by atoms with van der Waals surface area (Å²) in [5, 5.41) is 3.25. The predicted octanol–water partition coefficient (Wildman–Crippen LogP) is 2.17. The topological polar surface area (TPSA) is 47.2 Å². The fraction of sp³-hybridized carbons (Fsp3) is 0.533. The number of oxazole rings is 1. The van der Waals surface area contributed by atoms with Crippen LogP contribution >= 0.6 is 0 Å². The molecule has 0 radical (unpaired) electrons. The van der Waals surface area contributed by atoms with E-state index in [-0.39, 0.29) is 5.76 Å². The zero-order valence-electron chi connectivity index (χ0n) is 12.1. The van der Waals surface area contributed by atoms with E-state index in [1.165, 1.54) is 5.56 Å². The smallest absolute Gasteiger partial charge is 0.408 e. The minimum Gasteiger partial charge on any atom is -0.408 e. The van der Waals surface area contributed by atoms with Crippen LogP contribution in [0.1, 0.15) is 19.4 Å². The number of hydrogen-bond donors (Lipinski definition) is 1. The van der Waals surface area contributed by atoms with Gasteiger partial charge in [-0.1, -0.05) is 19.9 Å². The summed E-state index contributed by atoms with van der Waals surface area (Å²) in [4.78, 5) is 11.5. The van der Waals surface area contributed by atoms with Crippen molar-refractivity contribution in [2.24, 2.45) is 18.9 Å². The van der Waals surface area contributed by atoms with Gasteiger partial charge in [-0.25, -0.2) is 4.79 Å². The zero-order chi connectivity index (χ0) is 14.0. The predicted molar refractivity (Wildman–Crippen MR) is 77.4 cm³/mol. The van der Waals surface area contributed by atoms with E-state index in [1.54, 1.807) is 11.6 Å². The van der Waals surface area contributed by atoms with Gasteiger partial charge in [0.05, 0.1) is 5.52 Å². The standard InChI is InChI=1S/C15H22N2O2/c1-10(2)12(9-16-3)7-11-5-6-14-13(8-11)17(4)15(18)19-14/h5-6,8,10,12,16H,7,9H2,1-4H3. The van der Waals surface area contributed by atoms with Crippen LogP contribution in [0.4, 0.5) is 0 Å². The molecule has 19 heavy (non-hydrogen) atoms. The maximum Gasteiger partial charge on any atom is 0.419 e. The molecule has 0 aliphatic heterocycles. The van der Waals surface area contributed by atoms with Crippen molar-refractivity contribution in [2.75, 3.05) is 13.6 Å². The zero-order valence-corrected chi connectivity index (χ0v) is 12.1. The van der Waals surface area contributed by atoms with Crippen LogP contribution in [0.2, 0.25) is 0 Å². The fourth-order valence-corrected chi connectivity index (χ4v) is 2.41. The number of aromatic nitrogens is 1. The van der Waals surface area contributed by atoms with Gasteiger partial charge in [0, 0.05) is 7.05 Å². The molecule has 1 aromatic heterocycles. The Morgan fingerprint density at radius 1 is 1.37 bits per heavy atom. The molecule has 1 atom stereocenters. The highest BCUT2D eigenvalue weighted by molar-refractivity contribution is 5.73. The van der Waals surface area contributed by atoms with Crippen molar-refractivity contribution in [3.8, 4) is 0 Å². The minimum atomic E-state index is -0.303. The molecule has 1 N–H and O–H groups in total. The number of nitrogens with one attached hydrogen (secondary N) is 1. The van der Waals surface area contributed by atoms with Crippen molar-refractivity contribution in [2.45, 2.75) is 20.3 Å². The molecular weight excluding hydrogens is 240 g/mol. The highest BCUT2D eigenvalue weighted by atomic mass is 16.4. The average Bonchev–Trinajstić information content (AvgIpc) is 2.65. The summed E-state index contributed by atoms with van der Waals surface area (Å²) < 4.78 is 6.71. The van der Waals surface area contributed by atoms with Gasteiger partial charge < -0.3 is 9.73 Å². The summed E-state index contributed by atoms with van der Waals surface area (Å²) in [6.07, 6.45) is 1.01. The average molecular weight is 262 g/mol. The molecule has 0 spiro atoms. The summed E-state index contributed by atoms with van der Waals surface area (Å²) in [6.45, 7) is 5.49. The second-order valence-corrected chi connectivity index (χ2v) is 5.49. The van der Waals surface area contributed by atoms with E-state index in [1.807, 2.05) is 13.1 Å². The van der Waals surface area contributed by atoms with Gasteiger partial charge >= 0.3 is 5.76 Å². The van der Waals surface area contributed by atoms with E-state index in [9.17, 15) is 4.79 Å². The molecule has 2 aromatic rings. The number of benzene rings is 1.